The highest BCUT2D eigenvalue weighted by atomic mass is 16.5. The van der Waals surface area contributed by atoms with Gasteiger partial charge in [-0.25, -0.2) is 4.98 Å². The zero-order valence-corrected chi connectivity index (χ0v) is 14.0. The van der Waals surface area contributed by atoms with Crippen molar-refractivity contribution in [2.75, 3.05) is 20.3 Å². The summed E-state index contributed by atoms with van der Waals surface area (Å²) in [5.41, 5.74) is 1.20. The van der Waals surface area contributed by atoms with Crippen molar-refractivity contribution in [3.05, 3.63) is 48.2 Å². The zero-order valence-electron chi connectivity index (χ0n) is 14.0. The fraction of sp³-hybridized carbons (Fsp3) is 0.421. The molecule has 1 atom stereocenters. The number of rotatable bonds is 6. The molecule has 0 spiro atoms. The van der Waals surface area contributed by atoms with Crippen LogP contribution in [0, 0.1) is 0 Å². The molecule has 2 aromatic rings. The van der Waals surface area contributed by atoms with Crippen molar-refractivity contribution in [1.82, 2.24) is 9.88 Å². The Balaban J connectivity index is 1.62. The number of likely N-dealkylation sites (tertiary alicyclic amines) is 1. The minimum absolute atomic E-state index is 0.233. The van der Waals surface area contributed by atoms with Gasteiger partial charge in [0.1, 0.15) is 18.1 Å². The molecule has 1 aromatic carbocycles. The normalized spacial score (nSPS) is 18.3. The lowest BCUT2D eigenvalue weighted by molar-refractivity contribution is 0.0931. The summed E-state index contributed by atoms with van der Waals surface area (Å²) >= 11 is 0. The standard InChI is InChI=1S/C19H24N2O3/c1-23-19-11-15(8-9-20-19)13-21-10-3-2-5-16(21)14-24-18-7-4-6-17(22)12-18/h4,6-9,11-12,16,22H,2-3,5,10,13-14H2,1H3/t16-/m0/s1. The van der Waals surface area contributed by atoms with Gasteiger partial charge in [-0.2, -0.15) is 0 Å². The van der Waals surface area contributed by atoms with Crippen molar-refractivity contribution in [2.24, 2.45) is 0 Å². The number of pyridine rings is 1. The second kappa shape index (κ2) is 8.02. The van der Waals surface area contributed by atoms with Crippen LogP contribution in [0.25, 0.3) is 0 Å². The molecule has 0 bridgehead atoms. The average molecular weight is 328 g/mol. The van der Waals surface area contributed by atoms with Crippen molar-refractivity contribution in [3.8, 4) is 17.4 Å². The number of hydrogen-bond acceptors (Lipinski definition) is 5. The van der Waals surface area contributed by atoms with Gasteiger partial charge in [0.15, 0.2) is 0 Å². The number of ether oxygens (including phenoxy) is 2. The molecule has 0 saturated carbocycles. The minimum atomic E-state index is 0.233. The van der Waals surface area contributed by atoms with Crippen LogP contribution in [-0.4, -0.2) is 41.3 Å². The van der Waals surface area contributed by atoms with Gasteiger partial charge in [-0.05, 0) is 43.1 Å². The van der Waals surface area contributed by atoms with E-state index in [0.717, 1.165) is 19.5 Å². The SMILES string of the molecule is COc1cc(CN2CCCC[C@H]2COc2cccc(O)c2)ccn1. The fourth-order valence-corrected chi connectivity index (χ4v) is 3.12. The second-order valence-electron chi connectivity index (χ2n) is 6.13. The minimum Gasteiger partial charge on any atom is -0.508 e. The molecule has 5 nitrogen and oxygen atoms in total. The van der Waals surface area contributed by atoms with Crippen molar-refractivity contribution < 1.29 is 14.6 Å². The van der Waals surface area contributed by atoms with Gasteiger partial charge in [0.05, 0.1) is 7.11 Å². The first-order valence-corrected chi connectivity index (χ1v) is 8.39. The molecule has 0 unspecified atom stereocenters. The fourth-order valence-electron chi connectivity index (χ4n) is 3.12. The van der Waals surface area contributed by atoms with Crippen LogP contribution >= 0.6 is 0 Å². The van der Waals surface area contributed by atoms with E-state index in [2.05, 4.69) is 9.88 Å². The van der Waals surface area contributed by atoms with E-state index in [0.29, 0.717) is 24.3 Å². The molecule has 3 rings (SSSR count). The van der Waals surface area contributed by atoms with Gasteiger partial charge < -0.3 is 14.6 Å². The number of phenols is 1. The van der Waals surface area contributed by atoms with Gasteiger partial charge in [0, 0.05) is 30.9 Å². The number of hydrogen-bond donors (Lipinski definition) is 1. The molecule has 2 heterocycles. The Morgan fingerprint density at radius 1 is 1.25 bits per heavy atom. The van der Waals surface area contributed by atoms with Crippen LogP contribution in [0.15, 0.2) is 42.6 Å². The molecule has 1 aliphatic heterocycles. The summed E-state index contributed by atoms with van der Waals surface area (Å²) in [7, 11) is 1.64. The number of aromatic hydroxyl groups is 1. The van der Waals surface area contributed by atoms with Crippen LogP contribution in [0.2, 0.25) is 0 Å². The summed E-state index contributed by atoms with van der Waals surface area (Å²) in [4.78, 5) is 6.62. The van der Waals surface area contributed by atoms with Gasteiger partial charge in [-0.3, -0.25) is 4.90 Å². The Bertz CT molecular complexity index is 663. The molecular weight excluding hydrogens is 304 g/mol. The molecular formula is C19H24N2O3. The van der Waals surface area contributed by atoms with E-state index in [9.17, 15) is 5.11 Å². The van der Waals surface area contributed by atoms with Gasteiger partial charge in [0.2, 0.25) is 5.88 Å². The molecule has 0 aliphatic carbocycles. The first-order chi connectivity index (χ1) is 11.7. The first-order valence-electron chi connectivity index (χ1n) is 8.39. The maximum Gasteiger partial charge on any atom is 0.213 e. The smallest absolute Gasteiger partial charge is 0.213 e. The molecule has 1 aromatic heterocycles. The van der Waals surface area contributed by atoms with E-state index in [1.807, 2.05) is 18.2 Å². The Morgan fingerprint density at radius 2 is 2.17 bits per heavy atom. The Morgan fingerprint density at radius 3 is 3.00 bits per heavy atom. The van der Waals surface area contributed by atoms with Crippen molar-refractivity contribution in [1.29, 1.82) is 0 Å². The number of nitrogens with zero attached hydrogens (tertiary/aromatic N) is 2. The van der Waals surface area contributed by atoms with E-state index in [-0.39, 0.29) is 5.75 Å². The predicted octanol–water partition coefficient (Wildman–Crippen LogP) is 3.23. The lowest BCUT2D eigenvalue weighted by Gasteiger charge is -2.35. The number of phenolic OH excluding ortho intramolecular Hbond substituents is 1. The van der Waals surface area contributed by atoms with Crippen LogP contribution in [0.4, 0.5) is 0 Å². The highest BCUT2D eigenvalue weighted by Gasteiger charge is 2.23. The highest BCUT2D eigenvalue weighted by Crippen LogP contribution is 2.23. The number of benzene rings is 1. The molecule has 0 radical (unpaired) electrons. The molecule has 5 heteroatoms. The topological polar surface area (TPSA) is 54.8 Å². The lowest BCUT2D eigenvalue weighted by atomic mass is 10.0. The maximum absolute atomic E-state index is 9.54. The molecule has 1 saturated heterocycles. The first kappa shape index (κ1) is 16.6. The third kappa shape index (κ3) is 4.38. The van der Waals surface area contributed by atoms with Gasteiger partial charge in [-0.1, -0.05) is 12.5 Å². The van der Waals surface area contributed by atoms with Crippen molar-refractivity contribution in [2.45, 2.75) is 31.8 Å². The second-order valence-corrected chi connectivity index (χ2v) is 6.13. The summed E-state index contributed by atoms with van der Waals surface area (Å²) in [5, 5.41) is 9.54. The molecule has 128 valence electrons. The number of methoxy groups -OCH3 is 1. The zero-order chi connectivity index (χ0) is 16.8. The molecule has 1 aliphatic rings. The Hall–Kier alpha value is -2.27. The summed E-state index contributed by atoms with van der Waals surface area (Å²) in [6, 6.07) is 11.4. The number of piperidine rings is 1. The summed E-state index contributed by atoms with van der Waals surface area (Å²) in [6.07, 6.45) is 5.35. The van der Waals surface area contributed by atoms with Crippen LogP contribution in [0.1, 0.15) is 24.8 Å². The van der Waals surface area contributed by atoms with Crippen LogP contribution < -0.4 is 9.47 Å². The monoisotopic (exact) mass is 328 g/mol. The molecule has 0 amide bonds. The maximum atomic E-state index is 9.54. The van der Waals surface area contributed by atoms with Gasteiger partial charge >= 0.3 is 0 Å². The molecule has 1 fully saturated rings. The Kier molecular flexibility index (Phi) is 5.54. The highest BCUT2D eigenvalue weighted by molar-refractivity contribution is 5.31. The quantitative estimate of drug-likeness (QED) is 0.882. The average Bonchev–Trinajstić information content (AvgIpc) is 2.61. The van der Waals surface area contributed by atoms with E-state index in [1.54, 1.807) is 31.5 Å². The largest absolute Gasteiger partial charge is 0.508 e. The number of aromatic nitrogens is 1. The van der Waals surface area contributed by atoms with E-state index < -0.39 is 0 Å². The third-order valence-electron chi connectivity index (χ3n) is 4.40. The van der Waals surface area contributed by atoms with E-state index in [1.165, 1.54) is 18.4 Å². The van der Waals surface area contributed by atoms with Gasteiger partial charge in [0.25, 0.3) is 0 Å². The van der Waals surface area contributed by atoms with E-state index >= 15 is 0 Å². The van der Waals surface area contributed by atoms with Crippen molar-refractivity contribution >= 4 is 0 Å². The van der Waals surface area contributed by atoms with Crippen LogP contribution in [0.3, 0.4) is 0 Å². The van der Waals surface area contributed by atoms with E-state index in [4.69, 9.17) is 9.47 Å². The third-order valence-corrected chi connectivity index (χ3v) is 4.40. The summed E-state index contributed by atoms with van der Waals surface area (Å²) < 4.78 is 11.1. The summed E-state index contributed by atoms with van der Waals surface area (Å²) in [6.45, 7) is 2.57. The molecule has 1 N–H and O–H groups in total. The summed E-state index contributed by atoms with van der Waals surface area (Å²) in [5.74, 6) is 1.60. The van der Waals surface area contributed by atoms with Crippen LogP contribution in [-0.2, 0) is 6.54 Å². The predicted molar refractivity (Wildman–Crippen MR) is 92.4 cm³/mol. The van der Waals surface area contributed by atoms with Crippen molar-refractivity contribution in [3.63, 3.8) is 0 Å². The Labute approximate surface area is 142 Å². The van der Waals surface area contributed by atoms with Gasteiger partial charge in [-0.15, -0.1) is 0 Å². The lowest BCUT2D eigenvalue weighted by Crippen LogP contribution is -2.42. The van der Waals surface area contributed by atoms with Crippen LogP contribution in [0.5, 0.6) is 17.4 Å². The molecule has 24 heavy (non-hydrogen) atoms.